The Morgan fingerprint density at radius 1 is 0.926 bits per heavy atom. The third-order valence-corrected chi connectivity index (χ3v) is 4.94. The Morgan fingerprint density at radius 2 is 1.63 bits per heavy atom. The number of phenols is 1. The van der Waals surface area contributed by atoms with Gasteiger partial charge < -0.3 is 5.11 Å². The van der Waals surface area contributed by atoms with Crippen LogP contribution in [0, 0.1) is 22.7 Å². The third kappa shape index (κ3) is 5.01. The van der Waals surface area contributed by atoms with Gasteiger partial charge in [0, 0.05) is 16.9 Å². The monoisotopic (exact) mass is 368 g/mol. The minimum Gasteiger partial charge on any atom is -0.508 e. The Bertz CT molecular complexity index is 1010. The molecule has 3 rings (SSSR count). The molecule has 27 heavy (non-hydrogen) atoms. The van der Waals surface area contributed by atoms with Gasteiger partial charge in [-0.3, -0.25) is 0 Å². The minimum atomic E-state index is 0.108. The van der Waals surface area contributed by atoms with Gasteiger partial charge in [0.25, 0.3) is 0 Å². The van der Waals surface area contributed by atoms with E-state index in [1.807, 2.05) is 66.8 Å². The van der Waals surface area contributed by atoms with Gasteiger partial charge in [-0.05, 0) is 46.4 Å². The molecule has 0 amide bonds. The van der Waals surface area contributed by atoms with Crippen molar-refractivity contribution >= 4 is 17.8 Å². The molecule has 0 atom stereocenters. The fourth-order valence-corrected chi connectivity index (χ4v) is 3.66. The second-order valence-corrected chi connectivity index (χ2v) is 7.10. The van der Waals surface area contributed by atoms with Crippen LogP contribution in [0.25, 0.3) is 6.08 Å². The van der Waals surface area contributed by atoms with E-state index in [0.717, 1.165) is 21.8 Å². The van der Waals surface area contributed by atoms with Crippen LogP contribution < -0.4 is 0 Å². The van der Waals surface area contributed by atoms with Gasteiger partial charge in [0.15, 0.2) is 0 Å². The van der Waals surface area contributed by atoms with Crippen molar-refractivity contribution in [3.8, 4) is 17.9 Å². The predicted octanol–water partition coefficient (Wildman–Crippen LogP) is 5.51. The number of nitriles is 2. The summed E-state index contributed by atoms with van der Waals surface area (Å²) in [4.78, 5) is 2.03. The number of phenolic OH excluding ortho intramolecular Hbond substituents is 1. The largest absolute Gasteiger partial charge is 0.508 e. The van der Waals surface area contributed by atoms with Crippen molar-refractivity contribution in [1.82, 2.24) is 0 Å². The van der Waals surface area contributed by atoms with E-state index < -0.39 is 0 Å². The fourth-order valence-electron chi connectivity index (χ4n) is 2.61. The van der Waals surface area contributed by atoms with Crippen molar-refractivity contribution in [3.63, 3.8) is 0 Å². The Balaban J connectivity index is 1.89. The van der Waals surface area contributed by atoms with Gasteiger partial charge in [-0.1, -0.05) is 60.3 Å². The topological polar surface area (TPSA) is 67.8 Å². The molecule has 0 radical (unpaired) electrons. The SMILES string of the molecule is N#CC(C#N)=C1C=C(C=Cc2ccc(O)cc2)SC(Cc2ccccc2)=C1. The molecule has 2 aromatic carbocycles. The summed E-state index contributed by atoms with van der Waals surface area (Å²) in [6.45, 7) is 0. The van der Waals surface area contributed by atoms with Crippen LogP contribution in [-0.4, -0.2) is 5.11 Å². The molecule has 4 heteroatoms. The number of thioether (sulfide) groups is 1. The highest BCUT2D eigenvalue weighted by atomic mass is 32.2. The fraction of sp³-hybridized carbons (Fsp3) is 0.0435. The van der Waals surface area contributed by atoms with Crippen molar-refractivity contribution < 1.29 is 5.11 Å². The van der Waals surface area contributed by atoms with Crippen molar-refractivity contribution in [3.05, 3.63) is 105 Å². The molecule has 2 aromatic rings. The lowest BCUT2D eigenvalue weighted by Crippen LogP contribution is -1.95. The van der Waals surface area contributed by atoms with Crippen molar-refractivity contribution in [1.29, 1.82) is 10.5 Å². The maximum absolute atomic E-state index is 9.38. The molecule has 0 aromatic heterocycles. The quantitative estimate of drug-likeness (QED) is 0.723. The number of benzene rings is 2. The number of aromatic hydroxyl groups is 1. The highest BCUT2D eigenvalue weighted by Crippen LogP contribution is 2.36. The Kier molecular flexibility index (Phi) is 5.94. The minimum absolute atomic E-state index is 0.108. The van der Waals surface area contributed by atoms with Crippen molar-refractivity contribution in [2.75, 3.05) is 0 Å². The summed E-state index contributed by atoms with van der Waals surface area (Å²) in [7, 11) is 0. The summed E-state index contributed by atoms with van der Waals surface area (Å²) in [6.07, 6.45) is 8.42. The zero-order chi connectivity index (χ0) is 19.1. The molecule has 0 fully saturated rings. The first-order valence-electron chi connectivity index (χ1n) is 8.33. The van der Waals surface area contributed by atoms with E-state index in [1.54, 1.807) is 23.9 Å². The smallest absolute Gasteiger partial charge is 0.136 e. The Hall–Kier alpha value is -3.47. The van der Waals surface area contributed by atoms with Gasteiger partial charge in [0.2, 0.25) is 0 Å². The summed E-state index contributed by atoms with van der Waals surface area (Å²) >= 11 is 1.62. The second kappa shape index (κ2) is 8.76. The summed E-state index contributed by atoms with van der Waals surface area (Å²) < 4.78 is 0. The molecule has 1 N–H and O–H groups in total. The average molecular weight is 368 g/mol. The molecule has 130 valence electrons. The lowest BCUT2D eigenvalue weighted by Gasteiger charge is -2.14. The number of hydrogen-bond donors (Lipinski definition) is 1. The summed E-state index contributed by atoms with van der Waals surface area (Å²) in [6, 6.07) is 21.0. The molecule has 0 saturated carbocycles. The lowest BCUT2D eigenvalue weighted by atomic mass is 10.1. The van der Waals surface area contributed by atoms with Crippen LogP contribution in [0.2, 0.25) is 0 Å². The van der Waals surface area contributed by atoms with E-state index in [1.165, 1.54) is 5.56 Å². The highest BCUT2D eigenvalue weighted by molar-refractivity contribution is 8.07. The van der Waals surface area contributed by atoms with Crippen LogP contribution >= 0.6 is 11.8 Å². The average Bonchev–Trinajstić information content (AvgIpc) is 2.69. The maximum atomic E-state index is 9.38. The molecular weight excluding hydrogens is 352 g/mol. The lowest BCUT2D eigenvalue weighted by molar-refractivity contribution is 0.475. The normalized spacial score (nSPS) is 13.5. The molecule has 0 saturated heterocycles. The first-order valence-corrected chi connectivity index (χ1v) is 9.15. The molecule has 1 aliphatic heterocycles. The van der Waals surface area contributed by atoms with E-state index in [2.05, 4.69) is 12.1 Å². The van der Waals surface area contributed by atoms with Gasteiger partial charge in [-0.25, -0.2) is 0 Å². The number of hydrogen-bond acceptors (Lipinski definition) is 4. The van der Waals surface area contributed by atoms with Gasteiger partial charge in [-0.2, -0.15) is 10.5 Å². The van der Waals surface area contributed by atoms with Crippen molar-refractivity contribution in [2.24, 2.45) is 0 Å². The van der Waals surface area contributed by atoms with Crippen LogP contribution in [0.3, 0.4) is 0 Å². The Morgan fingerprint density at radius 3 is 2.30 bits per heavy atom. The van der Waals surface area contributed by atoms with E-state index in [9.17, 15) is 15.6 Å². The second-order valence-electron chi connectivity index (χ2n) is 5.90. The standard InChI is InChI=1S/C23H16N2OS/c24-15-20(16-25)19-13-22(11-8-17-6-9-21(26)10-7-17)27-23(14-19)12-18-4-2-1-3-5-18/h1-11,13-14,26H,12H2. The van der Waals surface area contributed by atoms with Crippen LogP contribution in [0.15, 0.2) is 93.8 Å². The van der Waals surface area contributed by atoms with Crippen LogP contribution in [-0.2, 0) is 6.42 Å². The molecule has 0 bridgehead atoms. The van der Waals surface area contributed by atoms with Crippen LogP contribution in [0.5, 0.6) is 5.75 Å². The number of nitrogens with zero attached hydrogens (tertiary/aromatic N) is 2. The number of rotatable bonds is 4. The van der Waals surface area contributed by atoms with E-state index >= 15 is 0 Å². The van der Waals surface area contributed by atoms with E-state index in [0.29, 0.717) is 5.57 Å². The molecule has 0 spiro atoms. The van der Waals surface area contributed by atoms with Gasteiger partial charge in [0.1, 0.15) is 23.5 Å². The first-order chi connectivity index (χ1) is 13.2. The molecule has 1 aliphatic rings. The molecule has 3 nitrogen and oxygen atoms in total. The third-order valence-electron chi connectivity index (χ3n) is 3.93. The van der Waals surface area contributed by atoms with Crippen LogP contribution in [0.1, 0.15) is 11.1 Å². The van der Waals surface area contributed by atoms with Crippen LogP contribution in [0.4, 0.5) is 0 Å². The predicted molar refractivity (Wildman–Crippen MR) is 109 cm³/mol. The van der Waals surface area contributed by atoms with Crippen molar-refractivity contribution in [2.45, 2.75) is 6.42 Å². The summed E-state index contributed by atoms with van der Waals surface area (Å²) in [5.74, 6) is 0.226. The van der Waals surface area contributed by atoms with E-state index in [4.69, 9.17) is 0 Å². The Labute approximate surface area is 162 Å². The zero-order valence-corrected chi connectivity index (χ0v) is 15.3. The van der Waals surface area contributed by atoms with E-state index in [-0.39, 0.29) is 11.3 Å². The molecule has 0 aliphatic carbocycles. The highest BCUT2D eigenvalue weighted by Gasteiger charge is 2.13. The molecule has 0 unspecified atom stereocenters. The molecule has 1 heterocycles. The van der Waals surface area contributed by atoms with Gasteiger partial charge in [0.05, 0.1) is 0 Å². The zero-order valence-electron chi connectivity index (χ0n) is 14.5. The van der Waals surface area contributed by atoms with Gasteiger partial charge in [-0.15, -0.1) is 0 Å². The van der Waals surface area contributed by atoms with Gasteiger partial charge >= 0.3 is 0 Å². The first kappa shape index (κ1) is 18.3. The maximum Gasteiger partial charge on any atom is 0.136 e. The number of allylic oxidation sites excluding steroid dienone is 6. The summed E-state index contributed by atoms with van der Waals surface area (Å²) in [5.41, 5.74) is 2.88. The molecular formula is C23H16N2OS. The summed E-state index contributed by atoms with van der Waals surface area (Å²) in [5, 5.41) is 27.9.